The smallest absolute Gasteiger partial charge is 0.244 e. The number of sulfonamides is 1. The number of anilines is 1. The third kappa shape index (κ3) is 5.39. The summed E-state index contributed by atoms with van der Waals surface area (Å²) in [5.74, 6) is -0.821. The first-order chi connectivity index (χ1) is 13.7. The van der Waals surface area contributed by atoms with Crippen LogP contribution in [0.4, 0.5) is 10.1 Å². The Hall–Kier alpha value is -1.42. The zero-order valence-electron chi connectivity index (χ0n) is 15.0. The van der Waals surface area contributed by atoms with E-state index >= 15 is 0 Å². The second-order valence-corrected chi connectivity index (χ2v) is 9.58. The highest BCUT2D eigenvalue weighted by Crippen LogP contribution is 2.28. The van der Waals surface area contributed by atoms with Crippen LogP contribution >= 0.6 is 34.8 Å². The Morgan fingerprint density at radius 2 is 1.69 bits per heavy atom. The highest BCUT2D eigenvalue weighted by atomic mass is 35.5. The van der Waals surface area contributed by atoms with E-state index in [4.69, 9.17) is 34.8 Å². The molecule has 0 bridgehead atoms. The van der Waals surface area contributed by atoms with Gasteiger partial charge < -0.3 is 5.32 Å². The van der Waals surface area contributed by atoms with Crippen LogP contribution in [0.1, 0.15) is 0 Å². The summed E-state index contributed by atoms with van der Waals surface area (Å²) >= 11 is 17.8. The Kier molecular flexibility index (Phi) is 7.03. The van der Waals surface area contributed by atoms with E-state index in [1.54, 1.807) is 0 Å². The van der Waals surface area contributed by atoms with Crippen LogP contribution < -0.4 is 5.32 Å². The van der Waals surface area contributed by atoms with Gasteiger partial charge >= 0.3 is 0 Å². The molecule has 0 aromatic heterocycles. The summed E-state index contributed by atoms with van der Waals surface area (Å²) < 4.78 is 40.1. The largest absolute Gasteiger partial charge is 0.324 e. The molecule has 2 aromatic rings. The number of nitrogens with one attached hydrogen (secondary N) is 1. The number of benzene rings is 2. The van der Waals surface area contributed by atoms with E-state index in [1.807, 2.05) is 4.90 Å². The van der Waals surface area contributed by atoms with Crippen LogP contribution in [-0.4, -0.2) is 56.3 Å². The molecule has 3 rings (SSSR count). The number of nitrogens with zero attached hydrogens (tertiary/aromatic N) is 2. The van der Waals surface area contributed by atoms with Crippen molar-refractivity contribution in [2.45, 2.75) is 4.90 Å². The summed E-state index contributed by atoms with van der Waals surface area (Å²) in [6.07, 6.45) is 0. The fourth-order valence-corrected chi connectivity index (χ4v) is 5.30. The van der Waals surface area contributed by atoms with Crippen LogP contribution in [0.5, 0.6) is 0 Å². The molecule has 11 heteroatoms. The number of rotatable bonds is 5. The molecule has 1 saturated heterocycles. The number of amides is 1. The van der Waals surface area contributed by atoms with Crippen molar-refractivity contribution in [3.8, 4) is 0 Å². The van der Waals surface area contributed by atoms with Crippen molar-refractivity contribution in [2.75, 3.05) is 38.0 Å². The van der Waals surface area contributed by atoms with Gasteiger partial charge in [-0.25, -0.2) is 12.8 Å². The minimum atomic E-state index is -3.79. The van der Waals surface area contributed by atoms with Gasteiger partial charge in [0.25, 0.3) is 0 Å². The van der Waals surface area contributed by atoms with E-state index in [0.717, 1.165) is 6.07 Å². The number of carbonyl (C=O) groups excluding carboxylic acids is 1. The van der Waals surface area contributed by atoms with E-state index in [-0.39, 0.29) is 45.5 Å². The molecule has 0 atom stereocenters. The fraction of sp³-hybridized carbons (Fsp3) is 0.278. The molecule has 1 aliphatic heterocycles. The Morgan fingerprint density at radius 3 is 2.34 bits per heavy atom. The average molecular weight is 481 g/mol. The predicted molar refractivity (Wildman–Crippen MR) is 112 cm³/mol. The van der Waals surface area contributed by atoms with Crippen molar-refractivity contribution < 1.29 is 17.6 Å². The van der Waals surface area contributed by atoms with Gasteiger partial charge in [-0.2, -0.15) is 4.31 Å². The summed E-state index contributed by atoms with van der Waals surface area (Å²) in [6.45, 7) is 1.19. The number of piperazine rings is 1. The predicted octanol–water partition coefficient (Wildman–Crippen LogP) is 3.73. The molecule has 1 heterocycles. The lowest BCUT2D eigenvalue weighted by Gasteiger charge is -2.33. The normalized spacial score (nSPS) is 16.0. The molecule has 1 amide bonds. The van der Waals surface area contributed by atoms with Crippen LogP contribution in [0.25, 0.3) is 0 Å². The molecule has 0 unspecified atom stereocenters. The Morgan fingerprint density at radius 1 is 1.00 bits per heavy atom. The van der Waals surface area contributed by atoms with Crippen molar-refractivity contribution >= 4 is 56.4 Å². The van der Waals surface area contributed by atoms with Crippen LogP contribution in [0, 0.1) is 5.82 Å². The van der Waals surface area contributed by atoms with Gasteiger partial charge in [0.2, 0.25) is 15.9 Å². The summed E-state index contributed by atoms with van der Waals surface area (Å²) in [5.41, 5.74) is 0.315. The third-order valence-electron chi connectivity index (χ3n) is 4.41. The first kappa shape index (κ1) is 22.3. The molecule has 2 aromatic carbocycles. The van der Waals surface area contributed by atoms with Crippen LogP contribution in [0.2, 0.25) is 15.1 Å². The summed E-state index contributed by atoms with van der Waals surface area (Å²) in [4.78, 5) is 14.0. The molecule has 0 saturated carbocycles. The van der Waals surface area contributed by atoms with Gasteiger partial charge in [0.15, 0.2) is 0 Å². The topological polar surface area (TPSA) is 69.7 Å². The quantitative estimate of drug-likeness (QED) is 0.708. The molecule has 0 aliphatic carbocycles. The van der Waals surface area contributed by atoms with Crippen molar-refractivity contribution in [1.29, 1.82) is 0 Å². The van der Waals surface area contributed by atoms with E-state index in [2.05, 4.69) is 5.32 Å². The summed E-state index contributed by atoms with van der Waals surface area (Å²) in [6, 6.07) is 7.99. The van der Waals surface area contributed by atoms with Crippen molar-refractivity contribution in [3.63, 3.8) is 0 Å². The van der Waals surface area contributed by atoms with Gasteiger partial charge in [-0.15, -0.1) is 0 Å². The van der Waals surface area contributed by atoms with Crippen LogP contribution in [-0.2, 0) is 14.8 Å². The summed E-state index contributed by atoms with van der Waals surface area (Å²) in [7, 11) is -3.79. The molecule has 0 radical (unpaired) electrons. The molecule has 6 nitrogen and oxygen atoms in total. The SMILES string of the molecule is O=C(CN1CCN(S(=O)(=O)c2cc(Cl)ccc2Cl)CC1)Nc1ccc(F)cc1Cl. The highest BCUT2D eigenvalue weighted by Gasteiger charge is 2.30. The molecule has 29 heavy (non-hydrogen) atoms. The van der Waals surface area contributed by atoms with E-state index in [1.165, 1.54) is 34.6 Å². The zero-order chi connectivity index (χ0) is 21.2. The standard InChI is InChI=1S/C18H17Cl3FN3O3S/c19-12-1-3-14(20)17(9-12)29(27,28)25-7-5-24(6-8-25)11-18(26)23-16-4-2-13(22)10-15(16)21/h1-4,9-10H,5-8,11H2,(H,23,26). The monoisotopic (exact) mass is 479 g/mol. The highest BCUT2D eigenvalue weighted by molar-refractivity contribution is 7.89. The Labute approximate surface area is 183 Å². The first-order valence-electron chi connectivity index (χ1n) is 8.59. The lowest BCUT2D eigenvalue weighted by Crippen LogP contribution is -2.50. The zero-order valence-corrected chi connectivity index (χ0v) is 18.1. The molecule has 0 spiro atoms. The van der Waals surface area contributed by atoms with Gasteiger partial charge in [0.05, 0.1) is 22.3 Å². The van der Waals surface area contributed by atoms with E-state index in [0.29, 0.717) is 18.8 Å². The third-order valence-corrected chi connectivity index (χ3v) is 7.34. The number of carbonyl (C=O) groups is 1. The number of hydrogen-bond donors (Lipinski definition) is 1. The van der Waals surface area contributed by atoms with Crippen molar-refractivity contribution in [3.05, 3.63) is 57.3 Å². The maximum Gasteiger partial charge on any atom is 0.244 e. The van der Waals surface area contributed by atoms with Crippen LogP contribution in [0.15, 0.2) is 41.3 Å². The lowest BCUT2D eigenvalue weighted by atomic mass is 10.3. The molecule has 156 valence electrons. The van der Waals surface area contributed by atoms with Gasteiger partial charge in [-0.3, -0.25) is 9.69 Å². The molecule has 1 aliphatic rings. The van der Waals surface area contributed by atoms with E-state index < -0.39 is 15.8 Å². The minimum Gasteiger partial charge on any atom is -0.324 e. The van der Waals surface area contributed by atoms with Gasteiger partial charge in [-0.1, -0.05) is 34.8 Å². The van der Waals surface area contributed by atoms with Crippen LogP contribution in [0.3, 0.4) is 0 Å². The number of hydrogen-bond acceptors (Lipinski definition) is 4. The maximum atomic E-state index is 13.1. The van der Waals surface area contributed by atoms with Gasteiger partial charge in [-0.05, 0) is 36.4 Å². The molecular weight excluding hydrogens is 464 g/mol. The maximum absolute atomic E-state index is 13.1. The van der Waals surface area contributed by atoms with Crippen molar-refractivity contribution in [1.82, 2.24) is 9.21 Å². The molecule has 1 N–H and O–H groups in total. The first-order valence-corrected chi connectivity index (χ1v) is 11.2. The van der Waals surface area contributed by atoms with Gasteiger partial charge in [0.1, 0.15) is 10.7 Å². The Balaban J connectivity index is 1.58. The van der Waals surface area contributed by atoms with Gasteiger partial charge in [0, 0.05) is 31.2 Å². The molecule has 1 fully saturated rings. The average Bonchev–Trinajstić information content (AvgIpc) is 2.66. The Bertz CT molecular complexity index is 1030. The van der Waals surface area contributed by atoms with Crippen molar-refractivity contribution in [2.24, 2.45) is 0 Å². The van der Waals surface area contributed by atoms with E-state index in [9.17, 15) is 17.6 Å². The molecular formula is C18H17Cl3FN3O3S. The lowest BCUT2D eigenvalue weighted by molar-refractivity contribution is -0.117. The number of halogens is 4. The minimum absolute atomic E-state index is 0.0381. The second-order valence-electron chi connectivity index (χ2n) is 6.43. The fourth-order valence-electron chi connectivity index (χ4n) is 2.93. The summed E-state index contributed by atoms with van der Waals surface area (Å²) in [5, 5.41) is 3.11. The second kappa shape index (κ2) is 9.16.